The van der Waals surface area contributed by atoms with E-state index in [0.29, 0.717) is 5.82 Å². The Morgan fingerprint density at radius 2 is 2.18 bits per heavy atom. The van der Waals surface area contributed by atoms with Gasteiger partial charge in [-0.25, -0.2) is 4.98 Å². The number of anilines is 1. The summed E-state index contributed by atoms with van der Waals surface area (Å²) in [4.78, 5) is 4.00. The van der Waals surface area contributed by atoms with Gasteiger partial charge in [-0.3, -0.25) is 4.68 Å². The maximum Gasteiger partial charge on any atom is 0.123 e. The highest BCUT2D eigenvalue weighted by atomic mass is 15.3. The molecule has 0 atom stereocenters. The summed E-state index contributed by atoms with van der Waals surface area (Å²) in [5, 5.41) is 4.47. The monoisotopic (exact) mass is 228 g/mol. The molecule has 0 saturated heterocycles. The van der Waals surface area contributed by atoms with Gasteiger partial charge in [0.25, 0.3) is 0 Å². The van der Waals surface area contributed by atoms with Gasteiger partial charge in [0.05, 0.1) is 11.7 Å². The Bertz CT molecular complexity index is 540. The lowest BCUT2D eigenvalue weighted by Gasteiger charge is -2.38. The lowest BCUT2D eigenvalue weighted by Crippen LogP contribution is -2.37. The van der Waals surface area contributed by atoms with Crippen molar-refractivity contribution in [2.45, 2.75) is 31.7 Å². The van der Waals surface area contributed by atoms with Gasteiger partial charge in [0.15, 0.2) is 0 Å². The molecule has 0 amide bonds. The van der Waals surface area contributed by atoms with E-state index >= 15 is 0 Å². The smallest absolute Gasteiger partial charge is 0.123 e. The molecule has 1 fully saturated rings. The lowest BCUT2D eigenvalue weighted by molar-refractivity contribution is 0.149. The lowest BCUT2D eigenvalue weighted by atomic mass is 9.79. The van der Waals surface area contributed by atoms with Crippen molar-refractivity contribution in [3.63, 3.8) is 0 Å². The Morgan fingerprint density at radius 1 is 1.35 bits per heavy atom. The highest BCUT2D eigenvalue weighted by Crippen LogP contribution is 2.38. The summed E-state index contributed by atoms with van der Waals surface area (Å²) in [5.41, 5.74) is 8.09. The molecule has 4 nitrogen and oxygen atoms in total. The number of rotatable bonds is 2. The number of hydrogen-bond acceptors (Lipinski definition) is 3. The zero-order valence-electron chi connectivity index (χ0n) is 9.93. The number of nitrogen functional groups attached to an aromatic ring is 1. The van der Waals surface area contributed by atoms with Crippen LogP contribution >= 0.6 is 0 Å². The number of nitrogens with two attached hydrogens (primary N) is 1. The summed E-state index contributed by atoms with van der Waals surface area (Å²) in [6, 6.07) is 3.84. The molecule has 0 aliphatic heterocycles. The topological polar surface area (TPSA) is 56.7 Å². The minimum Gasteiger partial charge on any atom is -0.384 e. The fraction of sp³-hybridized carbons (Fsp3) is 0.385. The fourth-order valence-corrected chi connectivity index (χ4v) is 2.31. The Labute approximate surface area is 100 Å². The Morgan fingerprint density at radius 3 is 2.82 bits per heavy atom. The standard InChI is InChI=1S/C13H16N4/c1-13(4-2-5-13)17-9-11(8-16-17)10-3-6-15-12(14)7-10/h3,6-9H,2,4-5H2,1H3,(H2,14,15). The Hall–Kier alpha value is -1.84. The first-order valence-corrected chi connectivity index (χ1v) is 5.94. The van der Waals surface area contributed by atoms with Gasteiger partial charge in [-0.1, -0.05) is 0 Å². The number of aromatic nitrogens is 3. The van der Waals surface area contributed by atoms with Crippen LogP contribution < -0.4 is 5.73 Å². The van der Waals surface area contributed by atoms with Crippen molar-refractivity contribution in [1.82, 2.24) is 14.8 Å². The molecule has 17 heavy (non-hydrogen) atoms. The zero-order valence-corrected chi connectivity index (χ0v) is 9.93. The number of pyridine rings is 1. The van der Waals surface area contributed by atoms with E-state index in [4.69, 9.17) is 5.73 Å². The van der Waals surface area contributed by atoms with Crippen LogP contribution in [0.1, 0.15) is 26.2 Å². The molecule has 3 rings (SSSR count). The van der Waals surface area contributed by atoms with Crippen molar-refractivity contribution in [3.8, 4) is 11.1 Å². The third kappa shape index (κ3) is 1.69. The number of nitrogens with zero attached hydrogens (tertiary/aromatic N) is 3. The summed E-state index contributed by atoms with van der Waals surface area (Å²) in [7, 11) is 0. The minimum absolute atomic E-state index is 0.219. The summed E-state index contributed by atoms with van der Waals surface area (Å²) in [6.45, 7) is 2.26. The van der Waals surface area contributed by atoms with Crippen LogP contribution in [-0.2, 0) is 5.54 Å². The molecule has 2 heterocycles. The van der Waals surface area contributed by atoms with Crippen LogP contribution in [0, 0.1) is 0 Å². The van der Waals surface area contributed by atoms with E-state index in [2.05, 4.69) is 27.9 Å². The average molecular weight is 228 g/mol. The predicted octanol–water partition coefficient (Wildman–Crippen LogP) is 2.43. The number of hydrogen-bond donors (Lipinski definition) is 1. The van der Waals surface area contributed by atoms with Crippen LogP contribution in [0.25, 0.3) is 11.1 Å². The molecule has 2 aromatic heterocycles. The largest absolute Gasteiger partial charge is 0.384 e. The van der Waals surface area contributed by atoms with E-state index < -0.39 is 0 Å². The summed E-state index contributed by atoms with van der Waals surface area (Å²) in [5.74, 6) is 0.546. The molecule has 0 unspecified atom stereocenters. The zero-order chi connectivity index (χ0) is 11.9. The van der Waals surface area contributed by atoms with Crippen molar-refractivity contribution in [2.75, 3.05) is 5.73 Å². The molecule has 2 N–H and O–H groups in total. The van der Waals surface area contributed by atoms with Crippen molar-refractivity contribution < 1.29 is 0 Å². The van der Waals surface area contributed by atoms with Crippen LogP contribution in [0.4, 0.5) is 5.82 Å². The van der Waals surface area contributed by atoms with Gasteiger partial charge < -0.3 is 5.73 Å². The molecular formula is C13H16N4. The molecule has 1 aliphatic rings. The SMILES string of the molecule is CC1(n2cc(-c3ccnc(N)c3)cn2)CCC1. The molecule has 0 aromatic carbocycles. The van der Waals surface area contributed by atoms with E-state index in [9.17, 15) is 0 Å². The van der Waals surface area contributed by atoms with Crippen molar-refractivity contribution in [3.05, 3.63) is 30.7 Å². The Kier molecular flexibility index (Phi) is 2.18. The predicted molar refractivity (Wildman–Crippen MR) is 67.4 cm³/mol. The van der Waals surface area contributed by atoms with Crippen molar-refractivity contribution in [1.29, 1.82) is 0 Å². The first kappa shape index (κ1) is 10.3. The first-order chi connectivity index (χ1) is 8.17. The summed E-state index contributed by atoms with van der Waals surface area (Å²) < 4.78 is 2.09. The molecule has 1 saturated carbocycles. The minimum atomic E-state index is 0.219. The molecule has 1 aliphatic carbocycles. The maximum atomic E-state index is 5.69. The fourth-order valence-electron chi connectivity index (χ4n) is 2.31. The molecule has 0 bridgehead atoms. The summed E-state index contributed by atoms with van der Waals surface area (Å²) >= 11 is 0. The van der Waals surface area contributed by atoms with E-state index in [1.165, 1.54) is 19.3 Å². The molecule has 4 heteroatoms. The van der Waals surface area contributed by atoms with Crippen LogP contribution in [0.15, 0.2) is 30.7 Å². The van der Waals surface area contributed by atoms with Crippen LogP contribution in [0.2, 0.25) is 0 Å². The molecule has 0 spiro atoms. The van der Waals surface area contributed by atoms with Gasteiger partial charge in [-0.05, 0) is 43.9 Å². The second-order valence-corrected chi connectivity index (χ2v) is 4.99. The molecule has 2 aromatic rings. The van der Waals surface area contributed by atoms with Crippen LogP contribution in [0.5, 0.6) is 0 Å². The second-order valence-electron chi connectivity index (χ2n) is 4.99. The van der Waals surface area contributed by atoms with E-state index in [-0.39, 0.29) is 5.54 Å². The maximum absolute atomic E-state index is 5.69. The molecule has 0 radical (unpaired) electrons. The second kappa shape index (κ2) is 3.58. The van der Waals surface area contributed by atoms with E-state index in [0.717, 1.165) is 11.1 Å². The molecular weight excluding hydrogens is 212 g/mol. The first-order valence-electron chi connectivity index (χ1n) is 5.94. The highest BCUT2D eigenvalue weighted by molar-refractivity contribution is 5.64. The average Bonchev–Trinajstić information content (AvgIpc) is 2.75. The van der Waals surface area contributed by atoms with E-state index in [1.54, 1.807) is 6.20 Å². The van der Waals surface area contributed by atoms with Gasteiger partial charge in [0.2, 0.25) is 0 Å². The van der Waals surface area contributed by atoms with Gasteiger partial charge in [-0.2, -0.15) is 5.10 Å². The Balaban J connectivity index is 1.95. The van der Waals surface area contributed by atoms with Crippen LogP contribution in [0.3, 0.4) is 0 Å². The quantitative estimate of drug-likeness (QED) is 0.858. The molecule has 88 valence electrons. The third-order valence-electron chi connectivity index (χ3n) is 3.68. The van der Waals surface area contributed by atoms with Crippen molar-refractivity contribution >= 4 is 5.82 Å². The van der Waals surface area contributed by atoms with E-state index in [1.807, 2.05) is 18.3 Å². The van der Waals surface area contributed by atoms with Gasteiger partial charge in [0, 0.05) is 18.0 Å². The summed E-state index contributed by atoms with van der Waals surface area (Å²) in [6.07, 6.45) is 9.46. The van der Waals surface area contributed by atoms with Gasteiger partial charge >= 0.3 is 0 Å². The normalized spacial score (nSPS) is 17.7. The third-order valence-corrected chi connectivity index (χ3v) is 3.68. The van der Waals surface area contributed by atoms with Crippen LogP contribution in [-0.4, -0.2) is 14.8 Å². The van der Waals surface area contributed by atoms with Gasteiger partial charge in [0.1, 0.15) is 5.82 Å². The highest BCUT2D eigenvalue weighted by Gasteiger charge is 2.34. The van der Waals surface area contributed by atoms with Gasteiger partial charge in [-0.15, -0.1) is 0 Å². The van der Waals surface area contributed by atoms with Crippen molar-refractivity contribution in [2.24, 2.45) is 0 Å².